The van der Waals surface area contributed by atoms with Gasteiger partial charge < -0.3 is 15.4 Å². The number of ether oxygens (including phenoxy) is 1. The first kappa shape index (κ1) is 20.0. The summed E-state index contributed by atoms with van der Waals surface area (Å²) in [4.78, 5) is 32.8. The standard InChI is InChI=1S/C22H22N4O3/c1-14-6-4-5-7-17(14)13-23-22-24-15(2)12-19(26-22)20(27)25-18-10-8-16(9-11-18)21(28)29-3/h4-12H,13H2,1-3H3,(H,25,27)(H,23,24,26). The first-order chi connectivity index (χ1) is 14.0. The van der Waals surface area contributed by atoms with E-state index in [4.69, 9.17) is 0 Å². The molecule has 2 aromatic carbocycles. The third kappa shape index (κ3) is 5.16. The number of hydrogen-bond acceptors (Lipinski definition) is 6. The molecule has 0 atom stereocenters. The number of anilines is 2. The summed E-state index contributed by atoms with van der Waals surface area (Å²) in [7, 11) is 1.32. The van der Waals surface area contributed by atoms with Crippen LogP contribution in [0.2, 0.25) is 0 Å². The van der Waals surface area contributed by atoms with Crippen molar-refractivity contribution in [1.82, 2.24) is 9.97 Å². The van der Waals surface area contributed by atoms with Crippen molar-refractivity contribution >= 4 is 23.5 Å². The lowest BCUT2D eigenvalue weighted by molar-refractivity contribution is 0.0600. The number of aryl methyl sites for hydroxylation is 2. The minimum atomic E-state index is -0.432. The number of esters is 1. The summed E-state index contributed by atoms with van der Waals surface area (Å²) in [5.74, 6) is -0.404. The van der Waals surface area contributed by atoms with Crippen molar-refractivity contribution in [3.05, 3.63) is 82.7 Å². The van der Waals surface area contributed by atoms with E-state index in [1.165, 1.54) is 12.7 Å². The molecule has 1 heterocycles. The summed E-state index contributed by atoms with van der Waals surface area (Å²) in [6, 6.07) is 16.1. The Hall–Kier alpha value is -3.74. The Morgan fingerprint density at radius 1 is 1.00 bits per heavy atom. The van der Waals surface area contributed by atoms with Crippen LogP contribution in [0.25, 0.3) is 0 Å². The summed E-state index contributed by atoms with van der Waals surface area (Å²) in [5.41, 5.74) is 4.19. The van der Waals surface area contributed by atoms with E-state index < -0.39 is 5.97 Å². The van der Waals surface area contributed by atoms with Crippen LogP contribution >= 0.6 is 0 Å². The first-order valence-corrected chi connectivity index (χ1v) is 9.10. The van der Waals surface area contributed by atoms with Crippen molar-refractivity contribution in [1.29, 1.82) is 0 Å². The van der Waals surface area contributed by atoms with Crippen LogP contribution in [0.4, 0.5) is 11.6 Å². The molecular formula is C22H22N4O3. The lowest BCUT2D eigenvalue weighted by atomic mass is 10.1. The number of amides is 1. The maximum Gasteiger partial charge on any atom is 0.337 e. The largest absolute Gasteiger partial charge is 0.465 e. The van der Waals surface area contributed by atoms with Gasteiger partial charge in [-0.15, -0.1) is 0 Å². The predicted molar refractivity (Wildman–Crippen MR) is 111 cm³/mol. The van der Waals surface area contributed by atoms with Crippen LogP contribution in [0.15, 0.2) is 54.6 Å². The van der Waals surface area contributed by atoms with E-state index in [1.807, 2.05) is 38.1 Å². The maximum atomic E-state index is 12.6. The molecule has 0 bridgehead atoms. The Morgan fingerprint density at radius 3 is 2.41 bits per heavy atom. The zero-order chi connectivity index (χ0) is 20.8. The normalized spacial score (nSPS) is 10.3. The van der Waals surface area contributed by atoms with E-state index in [0.29, 0.717) is 29.4 Å². The van der Waals surface area contributed by atoms with Crippen molar-refractivity contribution in [3.8, 4) is 0 Å². The zero-order valence-corrected chi connectivity index (χ0v) is 16.5. The minimum Gasteiger partial charge on any atom is -0.465 e. The first-order valence-electron chi connectivity index (χ1n) is 9.10. The van der Waals surface area contributed by atoms with Crippen LogP contribution in [-0.4, -0.2) is 29.0 Å². The molecule has 0 aliphatic rings. The molecule has 0 unspecified atom stereocenters. The van der Waals surface area contributed by atoms with Crippen LogP contribution in [-0.2, 0) is 11.3 Å². The molecule has 0 saturated carbocycles. The molecule has 1 aromatic heterocycles. The Balaban J connectivity index is 1.70. The second kappa shape index (κ2) is 8.97. The fourth-order valence-corrected chi connectivity index (χ4v) is 2.75. The third-order valence-corrected chi connectivity index (χ3v) is 4.35. The Labute approximate surface area is 169 Å². The SMILES string of the molecule is COC(=O)c1ccc(NC(=O)c2cc(C)nc(NCc3ccccc3C)n2)cc1. The molecule has 1 amide bonds. The van der Waals surface area contributed by atoms with Gasteiger partial charge in [-0.3, -0.25) is 4.79 Å². The van der Waals surface area contributed by atoms with Crippen LogP contribution in [0.5, 0.6) is 0 Å². The van der Waals surface area contributed by atoms with Gasteiger partial charge in [-0.25, -0.2) is 14.8 Å². The smallest absolute Gasteiger partial charge is 0.337 e. The average molecular weight is 390 g/mol. The molecule has 3 rings (SSSR count). The highest BCUT2D eigenvalue weighted by atomic mass is 16.5. The van der Waals surface area contributed by atoms with Crippen molar-refractivity contribution in [2.24, 2.45) is 0 Å². The van der Waals surface area contributed by atoms with E-state index >= 15 is 0 Å². The monoisotopic (exact) mass is 390 g/mol. The topological polar surface area (TPSA) is 93.2 Å². The number of rotatable bonds is 6. The lowest BCUT2D eigenvalue weighted by Gasteiger charge is -2.10. The highest BCUT2D eigenvalue weighted by Gasteiger charge is 2.12. The van der Waals surface area contributed by atoms with E-state index in [9.17, 15) is 9.59 Å². The van der Waals surface area contributed by atoms with Gasteiger partial charge in [-0.1, -0.05) is 24.3 Å². The number of benzene rings is 2. The number of hydrogen-bond donors (Lipinski definition) is 2. The van der Waals surface area contributed by atoms with Crippen LogP contribution in [0.3, 0.4) is 0 Å². The number of carbonyl (C=O) groups excluding carboxylic acids is 2. The molecule has 0 saturated heterocycles. The van der Waals surface area contributed by atoms with E-state index in [-0.39, 0.29) is 11.6 Å². The second-order valence-electron chi connectivity index (χ2n) is 6.52. The van der Waals surface area contributed by atoms with Crippen LogP contribution in [0, 0.1) is 13.8 Å². The van der Waals surface area contributed by atoms with Crippen molar-refractivity contribution in [2.45, 2.75) is 20.4 Å². The molecule has 0 aliphatic carbocycles. The summed E-state index contributed by atoms with van der Waals surface area (Å²) >= 11 is 0. The molecule has 0 fully saturated rings. The highest BCUT2D eigenvalue weighted by Crippen LogP contribution is 2.14. The van der Waals surface area contributed by atoms with E-state index in [0.717, 1.165) is 5.56 Å². The average Bonchev–Trinajstić information content (AvgIpc) is 2.72. The van der Waals surface area contributed by atoms with E-state index in [1.54, 1.807) is 30.3 Å². The number of methoxy groups -OCH3 is 1. The molecule has 29 heavy (non-hydrogen) atoms. The number of carbonyl (C=O) groups is 2. The van der Waals surface area contributed by atoms with Gasteiger partial charge in [0.2, 0.25) is 5.95 Å². The third-order valence-electron chi connectivity index (χ3n) is 4.35. The van der Waals surface area contributed by atoms with Gasteiger partial charge in [0.05, 0.1) is 12.7 Å². The molecule has 7 nitrogen and oxygen atoms in total. The van der Waals surface area contributed by atoms with Gasteiger partial charge in [0, 0.05) is 17.9 Å². The summed E-state index contributed by atoms with van der Waals surface area (Å²) in [6.45, 7) is 4.41. The second-order valence-corrected chi connectivity index (χ2v) is 6.52. The number of nitrogens with one attached hydrogen (secondary N) is 2. The quantitative estimate of drug-likeness (QED) is 0.623. The maximum absolute atomic E-state index is 12.6. The molecule has 2 N–H and O–H groups in total. The van der Waals surface area contributed by atoms with Crippen molar-refractivity contribution < 1.29 is 14.3 Å². The Bertz CT molecular complexity index is 1030. The summed E-state index contributed by atoms with van der Waals surface area (Å²) in [5, 5.41) is 5.95. The number of aromatic nitrogens is 2. The van der Waals surface area contributed by atoms with Crippen molar-refractivity contribution in [2.75, 3.05) is 17.7 Å². The van der Waals surface area contributed by atoms with Gasteiger partial charge in [0.25, 0.3) is 5.91 Å². The van der Waals surface area contributed by atoms with Crippen LogP contribution in [0.1, 0.15) is 37.7 Å². The Kier molecular flexibility index (Phi) is 6.19. The predicted octanol–water partition coefficient (Wildman–Crippen LogP) is 3.74. The van der Waals surface area contributed by atoms with Crippen molar-refractivity contribution in [3.63, 3.8) is 0 Å². The zero-order valence-electron chi connectivity index (χ0n) is 16.5. The molecular weight excluding hydrogens is 368 g/mol. The van der Waals surface area contributed by atoms with Gasteiger partial charge in [-0.2, -0.15) is 0 Å². The highest BCUT2D eigenvalue weighted by molar-refractivity contribution is 6.03. The van der Waals surface area contributed by atoms with Gasteiger partial charge in [-0.05, 0) is 55.3 Å². The van der Waals surface area contributed by atoms with E-state index in [2.05, 4.69) is 25.3 Å². The molecule has 0 aliphatic heterocycles. The lowest BCUT2D eigenvalue weighted by Crippen LogP contribution is -2.16. The number of nitrogens with zero attached hydrogens (tertiary/aromatic N) is 2. The molecule has 148 valence electrons. The molecule has 0 spiro atoms. The molecule has 7 heteroatoms. The van der Waals surface area contributed by atoms with Gasteiger partial charge in [0.15, 0.2) is 0 Å². The molecule has 0 radical (unpaired) electrons. The Morgan fingerprint density at radius 2 is 1.72 bits per heavy atom. The fourth-order valence-electron chi connectivity index (χ4n) is 2.75. The summed E-state index contributed by atoms with van der Waals surface area (Å²) < 4.78 is 4.66. The van der Waals surface area contributed by atoms with Crippen LogP contribution < -0.4 is 10.6 Å². The summed E-state index contributed by atoms with van der Waals surface area (Å²) in [6.07, 6.45) is 0. The fraction of sp³-hybridized carbons (Fsp3) is 0.182. The molecule has 3 aromatic rings. The minimum absolute atomic E-state index is 0.252. The van der Waals surface area contributed by atoms with Gasteiger partial charge >= 0.3 is 5.97 Å². The van der Waals surface area contributed by atoms with Gasteiger partial charge in [0.1, 0.15) is 5.69 Å².